The highest BCUT2D eigenvalue weighted by molar-refractivity contribution is 5.89. The molecule has 3 aromatic rings. The van der Waals surface area contributed by atoms with Gasteiger partial charge in [-0.25, -0.2) is 4.79 Å². The Kier molecular flexibility index (Phi) is 5.80. The highest BCUT2D eigenvalue weighted by Crippen LogP contribution is 2.32. The van der Waals surface area contributed by atoms with Crippen LogP contribution in [0.25, 0.3) is 0 Å². The first kappa shape index (κ1) is 19.1. The van der Waals surface area contributed by atoms with E-state index in [1.165, 1.54) is 29.4 Å². The maximum absolute atomic E-state index is 11.5. The number of ether oxygens (including phenoxy) is 3. The number of carbonyl (C=O) groups is 1. The van der Waals surface area contributed by atoms with E-state index in [0.717, 1.165) is 37.2 Å². The molecular formula is C25H24O4. The van der Waals surface area contributed by atoms with Crippen LogP contribution in [0.3, 0.4) is 0 Å². The van der Waals surface area contributed by atoms with Gasteiger partial charge in [0, 0.05) is 0 Å². The molecule has 0 aromatic heterocycles. The van der Waals surface area contributed by atoms with E-state index in [0.29, 0.717) is 12.4 Å². The van der Waals surface area contributed by atoms with Crippen molar-refractivity contribution in [2.75, 3.05) is 13.9 Å². The Hall–Kier alpha value is -3.27. The van der Waals surface area contributed by atoms with E-state index in [2.05, 4.69) is 36.4 Å². The molecule has 0 aliphatic carbocycles. The third kappa shape index (κ3) is 4.77. The molecule has 148 valence electrons. The Morgan fingerprint density at radius 2 is 1.21 bits per heavy atom. The summed E-state index contributed by atoms with van der Waals surface area (Å²) >= 11 is 0. The number of hydrogen-bond donors (Lipinski definition) is 0. The molecule has 1 aliphatic heterocycles. The maximum atomic E-state index is 11.5. The van der Waals surface area contributed by atoms with Crippen LogP contribution < -0.4 is 9.47 Å². The normalized spacial score (nSPS) is 12.0. The standard InChI is InChI=1S/C25H24O4/c1-27-25(26)22-13-10-20(11-14-22)7-6-18-2-4-19(5-3-18)8-9-21-12-15-23-24(16-21)29-17-28-23/h2-5,10-16H,6-9,17H2,1H3. The summed E-state index contributed by atoms with van der Waals surface area (Å²) in [5.41, 5.74) is 5.70. The topological polar surface area (TPSA) is 44.8 Å². The smallest absolute Gasteiger partial charge is 0.337 e. The van der Waals surface area contributed by atoms with Crippen molar-refractivity contribution in [1.29, 1.82) is 0 Å². The lowest BCUT2D eigenvalue weighted by molar-refractivity contribution is 0.0600. The van der Waals surface area contributed by atoms with Gasteiger partial charge in [0.2, 0.25) is 6.79 Å². The van der Waals surface area contributed by atoms with E-state index < -0.39 is 0 Å². The van der Waals surface area contributed by atoms with Gasteiger partial charge in [-0.2, -0.15) is 0 Å². The van der Waals surface area contributed by atoms with Crippen molar-refractivity contribution >= 4 is 5.97 Å². The first-order valence-corrected chi connectivity index (χ1v) is 9.85. The van der Waals surface area contributed by atoms with Crippen LogP contribution in [0.1, 0.15) is 32.6 Å². The number of carbonyl (C=O) groups excluding carboxylic acids is 1. The fraction of sp³-hybridized carbons (Fsp3) is 0.240. The molecule has 0 N–H and O–H groups in total. The molecule has 0 fully saturated rings. The number of methoxy groups -OCH3 is 1. The Bertz CT molecular complexity index is 975. The summed E-state index contributed by atoms with van der Waals surface area (Å²) in [5.74, 6) is 1.38. The van der Waals surface area contributed by atoms with Gasteiger partial charge < -0.3 is 14.2 Å². The molecule has 4 rings (SSSR count). The van der Waals surface area contributed by atoms with Gasteiger partial charge >= 0.3 is 5.97 Å². The molecule has 1 aliphatic rings. The van der Waals surface area contributed by atoms with Crippen LogP contribution in [0.5, 0.6) is 11.5 Å². The highest BCUT2D eigenvalue weighted by atomic mass is 16.7. The molecule has 0 bridgehead atoms. The first-order valence-electron chi connectivity index (χ1n) is 9.85. The average molecular weight is 388 g/mol. The highest BCUT2D eigenvalue weighted by Gasteiger charge is 2.13. The summed E-state index contributed by atoms with van der Waals surface area (Å²) in [4.78, 5) is 11.5. The Morgan fingerprint density at radius 3 is 1.79 bits per heavy atom. The van der Waals surface area contributed by atoms with E-state index in [1.54, 1.807) is 0 Å². The molecule has 0 atom stereocenters. The van der Waals surface area contributed by atoms with Gasteiger partial charge in [-0.15, -0.1) is 0 Å². The lowest BCUT2D eigenvalue weighted by Crippen LogP contribution is -2.01. The number of aryl methyl sites for hydroxylation is 4. The number of fused-ring (bicyclic) bond motifs is 1. The zero-order chi connectivity index (χ0) is 20.1. The minimum absolute atomic E-state index is 0.298. The average Bonchev–Trinajstić information content (AvgIpc) is 3.25. The van der Waals surface area contributed by atoms with Gasteiger partial charge in [-0.05, 0) is 72.2 Å². The summed E-state index contributed by atoms with van der Waals surface area (Å²) in [6, 6.07) is 22.6. The summed E-state index contributed by atoms with van der Waals surface area (Å²) in [5, 5.41) is 0. The zero-order valence-electron chi connectivity index (χ0n) is 16.5. The van der Waals surface area contributed by atoms with Crippen LogP contribution in [0.15, 0.2) is 66.7 Å². The van der Waals surface area contributed by atoms with Gasteiger partial charge in [0.15, 0.2) is 11.5 Å². The minimum atomic E-state index is -0.298. The number of benzene rings is 3. The van der Waals surface area contributed by atoms with E-state index >= 15 is 0 Å². The molecular weight excluding hydrogens is 364 g/mol. The molecule has 0 saturated carbocycles. The van der Waals surface area contributed by atoms with E-state index in [1.807, 2.05) is 30.3 Å². The number of esters is 1. The molecule has 0 radical (unpaired) electrons. The second-order valence-electron chi connectivity index (χ2n) is 7.19. The minimum Gasteiger partial charge on any atom is -0.465 e. The van der Waals surface area contributed by atoms with Crippen molar-refractivity contribution in [3.05, 3.63) is 94.5 Å². The number of hydrogen-bond acceptors (Lipinski definition) is 4. The third-order valence-corrected chi connectivity index (χ3v) is 5.24. The van der Waals surface area contributed by atoms with Gasteiger partial charge in [-0.3, -0.25) is 0 Å². The summed E-state index contributed by atoms with van der Waals surface area (Å²) in [7, 11) is 1.40. The van der Waals surface area contributed by atoms with Crippen molar-refractivity contribution in [2.45, 2.75) is 25.7 Å². The Balaban J connectivity index is 1.28. The maximum Gasteiger partial charge on any atom is 0.337 e. The molecule has 0 amide bonds. The Morgan fingerprint density at radius 1 is 0.724 bits per heavy atom. The van der Waals surface area contributed by atoms with E-state index in [4.69, 9.17) is 14.2 Å². The monoisotopic (exact) mass is 388 g/mol. The third-order valence-electron chi connectivity index (χ3n) is 5.24. The molecule has 3 aromatic carbocycles. The quantitative estimate of drug-likeness (QED) is 0.547. The van der Waals surface area contributed by atoms with Crippen LogP contribution in [0, 0.1) is 0 Å². The summed E-state index contributed by atoms with van der Waals surface area (Å²) in [6.07, 6.45) is 3.88. The van der Waals surface area contributed by atoms with Crippen molar-refractivity contribution in [3.8, 4) is 11.5 Å². The van der Waals surface area contributed by atoms with Crippen LogP contribution in [0.4, 0.5) is 0 Å². The second-order valence-corrected chi connectivity index (χ2v) is 7.19. The lowest BCUT2D eigenvalue weighted by Gasteiger charge is -2.07. The largest absolute Gasteiger partial charge is 0.465 e. The van der Waals surface area contributed by atoms with Gasteiger partial charge in [-0.1, -0.05) is 42.5 Å². The number of rotatable bonds is 7. The SMILES string of the molecule is COC(=O)c1ccc(CCc2ccc(CCc3ccc4c(c3)OCO4)cc2)cc1. The van der Waals surface area contributed by atoms with Crippen LogP contribution in [0.2, 0.25) is 0 Å². The molecule has 0 spiro atoms. The van der Waals surface area contributed by atoms with Gasteiger partial charge in [0.1, 0.15) is 0 Å². The molecule has 4 heteroatoms. The molecule has 0 saturated heterocycles. The van der Waals surface area contributed by atoms with Crippen LogP contribution in [-0.2, 0) is 30.4 Å². The van der Waals surface area contributed by atoms with E-state index in [-0.39, 0.29) is 5.97 Å². The summed E-state index contributed by atoms with van der Waals surface area (Å²) in [6.45, 7) is 0.315. The molecule has 4 nitrogen and oxygen atoms in total. The van der Waals surface area contributed by atoms with Crippen LogP contribution >= 0.6 is 0 Å². The molecule has 1 heterocycles. The van der Waals surface area contributed by atoms with Crippen molar-refractivity contribution in [3.63, 3.8) is 0 Å². The first-order chi connectivity index (χ1) is 14.2. The predicted molar refractivity (Wildman–Crippen MR) is 112 cm³/mol. The molecule has 29 heavy (non-hydrogen) atoms. The fourth-order valence-corrected chi connectivity index (χ4v) is 3.47. The van der Waals surface area contributed by atoms with E-state index in [9.17, 15) is 4.79 Å². The van der Waals surface area contributed by atoms with Gasteiger partial charge in [0.25, 0.3) is 0 Å². The summed E-state index contributed by atoms with van der Waals surface area (Å²) < 4.78 is 15.5. The Labute approximate surface area is 171 Å². The van der Waals surface area contributed by atoms with Gasteiger partial charge in [0.05, 0.1) is 12.7 Å². The van der Waals surface area contributed by atoms with Crippen LogP contribution in [-0.4, -0.2) is 19.9 Å². The van der Waals surface area contributed by atoms with Crippen molar-refractivity contribution in [2.24, 2.45) is 0 Å². The lowest BCUT2D eigenvalue weighted by atomic mass is 10.00. The van der Waals surface area contributed by atoms with Crippen molar-refractivity contribution in [1.82, 2.24) is 0 Å². The predicted octanol–water partition coefficient (Wildman–Crippen LogP) is 4.77. The molecule has 0 unspecified atom stereocenters. The zero-order valence-corrected chi connectivity index (χ0v) is 16.5. The second kappa shape index (κ2) is 8.82. The van der Waals surface area contributed by atoms with Crippen molar-refractivity contribution < 1.29 is 19.0 Å². The fourth-order valence-electron chi connectivity index (χ4n) is 3.47.